The van der Waals surface area contributed by atoms with Gasteiger partial charge >= 0.3 is 0 Å². The van der Waals surface area contributed by atoms with E-state index in [1.165, 1.54) is 22.3 Å². The predicted octanol–water partition coefficient (Wildman–Crippen LogP) is 3.90. The number of furan rings is 1. The number of rotatable bonds is 4. The van der Waals surface area contributed by atoms with Gasteiger partial charge in [0, 0.05) is 5.56 Å². The zero-order valence-electron chi connectivity index (χ0n) is 11.6. The van der Waals surface area contributed by atoms with Crippen molar-refractivity contribution in [2.24, 2.45) is 0 Å². The molecule has 0 aliphatic heterocycles. The fraction of sp³-hybridized carbons (Fsp3) is 0.375. The third kappa shape index (κ3) is 2.65. The molecular weight excluding hydrogens is 222 g/mol. The average Bonchev–Trinajstić information content (AvgIpc) is 2.76. The molecule has 0 aliphatic rings. The first-order valence-corrected chi connectivity index (χ1v) is 6.47. The minimum atomic E-state index is 0.215. The van der Waals surface area contributed by atoms with E-state index in [0.29, 0.717) is 0 Å². The first-order valence-electron chi connectivity index (χ1n) is 6.47. The SMILES string of the molecule is CCNC(c1coc(C)c1)c1cc(C)ccc1C. The highest BCUT2D eigenvalue weighted by molar-refractivity contribution is 5.38. The minimum Gasteiger partial charge on any atom is -0.469 e. The van der Waals surface area contributed by atoms with Gasteiger partial charge in [-0.2, -0.15) is 0 Å². The van der Waals surface area contributed by atoms with E-state index >= 15 is 0 Å². The number of hydrogen-bond acceptors (Lipinski definition) is 2. The summed E-state index contributed by atoms with van der Waals surface area (Å²) in [5, 5.41) is 3.54. The zero-order valence-corrected chi connectivity index (χ0v) is 11.6. The maximum Gasteiger partial charge on any atom is 0.101 e. The maximum absolute atomic E-state index is 5.44. The average molecular weight is 243 g/mol. The Morgan fingerprint density at radius 1 is 1.17 bits per heavy atom. The number of nitrogens with one attached hydrogen (secondary N) is 1. The molecule has 0 fully saturated rings. The minimum absolute atomic E-state index is 0.215. The maximum atomic E-state index is 5.44. The Bertz CT molecular complexity index is 528. The predicted molar refractivity (Wildman–Crippen MR) is 74.9 cm³/mol. The second-order valence-corrected chi connectivity index (χ2v) is 4.84. The van der Waals surface area contributed by atoms with E-state index in [1.807, 2.05) is 13.2 Å². The molecule has 2 heteroatoms. The molecule has 2 nitrogen and oxygen atoms in total. The highest BCUT2D eigenvalue weighted by Crippen LogP contribution is 2.27. The van der Waals surface area contributed by atoms with Crippen molar-refractivity contribution >= 4 is 0 Å². The van der Waals surface area contributed by atoms with Crippen LogP contribution in [0.5, 0.6) is 0 Å². The van der Waals surface area contributed by atoms with Gasteiger partial charge in [0.05, 0.1) is 12.3 Å². The largest absolute Gasteiger partial charge is 0.469 e. The lowest BCUT2D eigenvalue weighted by molar-refractivity contribution is 0.525. The molecule has 0 saturated heterocycles. The van der Waals surface area contributed by atoms with Crippen LogP contribution in [-0.4, -0.2) is 6.54 Å². The van der Waals surface area contributed by atoms with Crippen molar-refractivity contribution in [1.29, 1.82) is 0 Å². The van der Waals surface area contributed by atoms with Crippen LogP contribution in [0.25, 0.3) is 0 Å². The van der Waals surface area contributed by atoms with E-state index in [2.05, 4.69) is 50.4 Å². The van der Waals surface area contributed by atoms with Gasteiger partial charge in [0.2, 0.25) is 0 Å². The van der Waals surface area contributed by atoms with Gasteiger partial charge in [-0.25, -0.2) is 0 Å². The van der Waals surface area contributed by atoms with Crippen molar-refractivity contribution in [2.75, 3.05) is 6.54 Å². The highest BCUT2D eigenvalue weighted by atomic mass is 16.3. The molecule has 1 aromatic heterocycles. The molecule has 1 heterocycles. The zero-order chi connectivity index (χ0) is 13.1. The van der Waals surface area contributed by atoms with Gasteiger partial charge in [0.15, 0.2) is 0 Å². The van der Waals surface area contributed by atoms with Gasteiger partial charge in [-0.3, -0.25) is 0 Å². The van der Waals surface area contributed by atoms with E-state index in [1.54, 1.807) is 0 Å². The molecule has 0 radical (unpaired) electrons. The van der Waals surface area contributed by atoms with Gasteiger partial charge in [0.1, 0.15) is 5.76 Å². The van der Waals surface area contributed by atoms with E-state index in [4.69, 9.17) is 4.42 Å². The molecule has 0 spiro atoms. The third-order valence-corrected chi connectivity index (χ3v) is 3.24. The summed E-state index contributed by atoms with van der Waals surface area (Å²) in [4.78, 5) is 0. The molecule has 0 aliphatic carbocycles. The van der Waals surface area contributed by atoms with Crippen LogP contribution in [0.2, 0.25) is 0 Å². The molecule has 1 aromatic carbocycles. The second-order valence-electron chi connectivity index (χ2n) is 4.84. The summed E-state index contributed by atoms with van der Waals surface area (Å²) in [6.07, 6.45) is 1.85. The van der Waals surface area contributed by atoms with Gasteiger partial charge < -0.3 is 9.73 Å². The monoisotopic (exact) mass is 243 g/mol. The van der Waals surface area contributed by atoms with Crippen LogP contribution in [0.4, 0.5) is 0 Å². The van der Waals surface area contributed by atoms with Crippen molar-refractivity contribution in [3.8, 4) is 0 Å². The Morgan fingerprint density at radius 3 is 2.56 bits per heavy atom. The summed E-state index contributed by atoms with van der Waals surface area (Å²) >= 11 is 0. The van der Waals surface area contributed by atoms with Crippen LogP contribution in [0.15, 0.2) is 34.9 Å². The third-order valence-electron chi connectivity index (χ3n) is 3.24. The topological polar surface area (TPSA) is 25.2 Å². The smallest absolute Gasteiger partial charge is 0.101 e. The quantitative estimate of drug-likeness (QED) is 0.881. The summed E-state index contributed by atoms with van der Waals surface area (Å²) in [5.74, 6) is 0.957. The number of hydrogen-bond donors (Lipinski definition) is 1. The fourth-order valence-electron chi connectivity index (χ4n) is 2.30. The lowest BCUT2D eigenvalue weighted by Gasteiger charge is -2.19. The Kier molecular flexibility index (Phi) is 3.87. The molecule has 96 valence electrons. The van der Waals surface area contributed by atoms with Crippen molar-refractivity contribution in [3.05, 3.63) is 58.5 Å². The lowest BCUT2D eigenvalue weighted by atomic mass is 9.95. The second kappa shape index (κ2) is 5.40. The molecule has 0 saturated carbocycles. The van der Waals surface area contributed by atoms with E-state index in [-0.39, 0.29) is 6.04 Å². The van der Waals surface area contributed by atoms with Gasteiger partial charge in [-0.1, -0.05) is 30.7 Å². The summed E-state index contributed by atoms with van der Waals surface area (Å²) in [6, 6.07) is 8.91. The molecule has 2 aromatic rings. The summed E-state index contributed by atoms with van der Waals surface area (Å²) in [6.45, 7) is 9.33. The first kappa shape index (κ1) is 12.9. The van der Waals surface area contributed by atoms with Gasteiger partial charge in [-0.05, 0) is 44.5 Å². The molecule has 0 bridgehead atoms. The Labute approximate surface area is 109 Å². The van der Waals surface area contributed by atoms with Crippen molar-refractivity contribution in [2.45, 2.75) is 33.7 Å². The summed E-state index contributed by atoms with van der Waals surface area (Å²) in [5.41, 5.74) is 5.13. The van der Waals surface area contributed by atoms with Crippen LogP contribution in [0.3, 0.4) is 0 Å². The number of benzene rings is 1. The Hall–Kier alpha value is -1.54. The van der Waals surface area contributed by atoms with Crippen molar-refractivity contribution in [1.82, 2.24) is 5.32 Å². The van der Waals surface area contributed by atoms with Crippen LogP contribution >= 0.6 is 0 Å². The van der Waals surface area contributed by atoms with Crippen LogP contribution < -0.4 is 5.32 Å². The van der Waals surface area contributed by atoms with Gasteiger partial charge in [-0.15, -0.1) is 0 Å². The van der Waals surface area contributed by atoms with Crippen LogP contribution in [0.1, 0.15) is 41.0 Å². The fourth-order valence-corrected chi connectivity index (χ4v) is 2.30. The molecule has 18 heavy (non-hydrogen) atoms. The van der Waals surface area contributed by atoms with E-state index in [0.717, 1.165) is 12.3 Å². The molecule has 2 rings (SSSR count). The highest BCUT2D eigenvalue weighted by Gasteiger charge is 2.17. The molecule has 1 unspecified atom stereocenters. The molecule has 0 amide bonds. The summed E-state index contributed by atoms with van der Waals surface area (Å²) in [7, 11) is 0. The van der Waals surface area contributed by atoms with Crippen LogP contribution in [-0.2, 0) is 0 Å². The Balaban J connectivity index is 2.44. The summed E-state index contributed by atoms with van der Waals surface area (Å²) < 4.78 is 5.44. The molecule has 1 atom stereocenters. The lowest BCUT2D eigenvalue weighted by Crippen LogP contribution is -2.22. The molecule has 1 N–H and O–H groups in total. The number of aryl methyl sites for hydroxylation is 3. The standard InChI is InChI=1S/C16H21NO/c1-5-17-16(14-9-13(4)18-10-14)15-8-11(2)6-7-12(15)3/h6-10,16-17H,5H2,1-4H3. The van der Waals surface area contributed by atoms with Crippen molar-refractivity contribution < 1.29 is 4.42 Å². The normalized spacial score (nSPS) is 12.7. The first-order chi connectivity index (χ1) is 8.61. The Morgan fingerprint density at radius 2 is 1.94 bits per heavy atom. The van der Waals surface area contributed by atoms with Gasteiger partial charge in [0.25, 0.3) is 0 Å². The van der Waals surface area contributed by atoms with E-state index < -0.39 is 0 Å². The molecular formula is C16H21NO. The van der Waals surface area contributed by atoms with E-state index in [9.17, 15) is 0 Å². The van der Waals surface area contributed by atoms with Crippen molar-refractivity contribution in [3.63, 3.8) is 0 Å². The van der Waals surface area contributed by atoms with Crippen LogP contribution in [0, 0.1) is 20.8 Å².